The molecular formula is C33H46BN3O4. The molecule has 4 fully saturated rings. The van der Waals surface area contributed by atoms with E-state index in [1.54, 1.807) is 10.9 Å². The molecule has 0 spiro atoms. The van der Waals surface area contributed by atoms with Crippen LogP contribution in [0.25, 0.3) is 6.08 Å². The van der Waals surface area contributed by atoms with Gasteiger partial charge in [-0.15, -0.1) is 0 Å². The first-order valence-corrected chi connectivity index (χ1v) is 15.4. The van der Waals surface area contributed by atoms with Gasteiger partial charge in [-0.2, -0.15) is 5.10 Å². The highest BCUT2D eigenvalue weighted by Gasteiger charge is 2.68. The molecule has 3 saturated carbocycles. The van der Waals surface area contributed by atoms with Crippen molar-refractivity contribution in [3.8, 4) is 0 Å². The average molecular weight is 560 g/mol. The summed E-state index contributed by atoms with van der Waals surface area (Å²) in [5.41, 5.74) is 1.57. The number of nitrogens with zero attached hydrogens (tertiary/aromatic N) is 2. The summed E-state index contributed by atoms with van der Waals surface area (Å²) in [7, 11) is -0.503. The molecule has 220 valence electrons. The van der Waals surface area contributed by atoms with Crippen molar-refractivity contribution in [1.29, 1.82) is 0 Å². The van der Waals surface area contributed by atoms with Gasteiger partial charge < -0.3 is 14.6 Å². The quantitative estimate of drug-likeness (QED) is 0.255. The number of hydrogen-bond acceptors (Lipinski definition) is 5. The number of benzene rings is 1. The average Bonchev–Trinajstić information content (AvgIpc) is 3.57. The maximum Gasteiger partial charge on any atom is 0.481 e. The van der Waals surface area contributed by atoms with Gasteiger partial charge in [0.05, 0.1) is 30.1 Å². The van der Waals surface area contributed by atoms with Crippen molar-refractivity contribution in [2.24, 2.45) is 29.1 Å². The summed E-state index contributed by atoms with van der Waals surface area (Å²) in [5, 5.41) is 7.59. The van der Waals surface area contributed by atoms with Gasteiger partial charge in [-0.25, -0.2) is 0 Å². The number of Topliss-reactive ketones (excluding diaryl/α,β-unsaturated/α-hetero) is 1. The fourth-order valence-electron chi connectivity index (χ4n) is 7.37. The lowest BCUT2D eigenvalue weighted by atomic mass is 9.43. The minimum absolute atomic E-state index is 0.0485. The summed E-state index contributed by atoms with van der Waals surface area (Å²) in [6.45, 7) is 13.6. The smallest absolute Gasteiger partial charge is 0.404 e. The van der Waals surface area contributed by atoms with Crippen LogP contribution in [0.2, 0.25) is 0 Å². The SMILES string of the molecule is CC/C=C/c1ccc(C(=O)C[C@@H](Cn2cccn2)C(=O)N[C@@H](CC(C)C)B2O[C@@H]3C[C@H]4C[C@H](C4(C)C)[C@]3(C)O2)cc1. The lowest BCUT2D eigenvalue weighted by Gasteiger charge is -2.64. The van der Waals surface area contributed by atoms with Crippen LogP contribution in [0.15, 0.2) is 48.8 Å². The molecule has 41 heavy (non-hydrogen) atoms. The lowest BCUT2D eigenvalue weighted by molar-refractivity contribution is -0.199. The Morgan fingerprint density at radius 2 is 1.95 bits per heavy atom. The van der Waals surface area contributed by atoms with Crippen molar-refractivity contribution in [2.75, 3.05) is 0 Å². The van der Waals surface area contributed by atoms with Crippen LogP contribution in [0.3, 0.4) is 0 Å². The number of rotatable bonds is 12. The third kappa shape index (κ3) is 6.10. The van der Waals surface area contributed by atoms with E-state index in [9.17, 15) is 9.59 Å². The van der Waals surface area contributed by atoms with Gasteiger partial charge in [0.1, 0.15) is 0 Å². The van der Waals surface area contributed by atoms with Gasteiger partial charge in [0, 0.05) is 24.4 Å². The Labute approximate surface area is 245 Å². The topological polar surface area (TPSA) is 82.5 Å². The molecule has 1 N–H and O–H groups in total. The molecule has 4 aliphatic rings. The Morgan fingerprint density at radius 1 is 1.20 bits per heavy atom. The predicted molar refractivity (Wildman–Crippen MR) is 162 cm³/mol. The normalized spacial score (nSPS) is 27.9. The molecule has 6 atom stereocenters. The maximum absolute atomic E-state index is 13.9. The van der Waals surface area contributed by atoms with E-state index in [1.165, 1.54) is 6.42 Å². The van der Waals surface area contributed by atoms with Crippen molar-refractivity contribution >= 4 is 24.9 Å². The summed E-state index contributed by atoms with van der Waals surface area (Å²) >= 11 is 0. The second kappa shape index (κ2) is 11.9. The molecule has 2 heterocycles. The Bertz CT molecular complexity index is 1240. The van der Waals surface area contributed by atoms with Crippen LogP contribution in [0.4, 0.5) is 0 Å². The van der Waals surface area contributed by atoms with Gasteiger partial charge in [-0.3, -0.25) is 14.3 Å². The number of carbonyl (C=O) groups excluding carboxylic acids is 2. The molecule has 7 nitrogen and oxygen atoms in total. The number of aromatic nitrogens is 2. The molecule has 1 saturated heterocycles. The van der Waals surface area contributed by atoms with Crippen LogP contribution >= 0.6 is 0 Å². The highest BCUT2D eigenvalue weighted by Crippen LogP contribution is 2.65. The monoisotopic (exact) mass is 559 g/mol. The van der Waals surface area contributed by atoms with Crippen LogP contribution in [0.5, 0.6) is 0 Å². The number of nitrogens with one attached hydrogen (secondary N) is 1. The summed E-state index contributed by atoms with van der Waals surface area (Å²) in [4.78, 5) is 27.3. The second-order valence-electron chi connectivity index (χ2n) is 13.6. The van der Waals surface area contributed by atoms with Crippen LogP contribution in [-0.2, 0) is 20.6 Å². The molecule has 1 amide bonds. The van der Waals surface area contributed by atoms with Gasteiger partial charge >= 0.3 is 7.12 Å². The van der Waals surface area contributed by atoms with E-state index < -0.39 is 13.0 Å². The zero-order chi connectivity index (χ0) is 29.4. The van der Waals surface area contributed by atoms with Crippen molar-refractivity contribution in [3.05, 3.63) is 59.9 Å². The molecule has 1 aromatic heterocycles. The molecule has 6 rings (SSSR count). The van der Waals surface area contributed by atoms with Crippen LogP contribution in [0.1, 0.15) is 89.6 Å². The first-order chi connectivity index (χ1) is 19.5. The molecular weight excluding hydrogens is 513 g/mol. The van der Waals surface area contributed by atoms with E-state index in [0.717, 1.165) is 24.8 Å². The third-order valence-corrected chi connectivity index (χ3v) is 9.90. The zero-order valence-electron chi connectivity index (χ0n) is 25.5. The van der Waals surface area contributed by atoms with Crippen molar-refractivity contribution < 1.29 is 18.9 Å². The fourth-order valence-corrected chi connectivity index (χ4v) is 7.37. The first kappa shape index (κ1) is 29.8. The Hall–Kier alpha value is -2.71. The van der Waals surface area contributed by atoms with Crippen LogP contribution in [-0.4, -0.2) is 46.2 Å². The van der Waals surface area contributed by atoms with E-state index in [1.807, 2.05) is 42.6 Å². The molecule has 3 aliphatic carbocycles. The molecule has 2 aromatic rings. The zero-order valence-corrected chi connectivity index (χ0v) is 25.5. The van der Waals surface area contributed by atoms with Crippen LogP contribution < -0.4 is 5.32 Å². The maximum atomic E-state index is 13.9. The molecule has 1 aromatic carbocycles. The Balaban J connectivity index is 1.31. The highest BCUT2D eigenvalue weighted by molar-refractivity contribution is 6.47. The van der Waals surface area contributed by atoms with Gasteiger partial charge in [0.25, 0.3) is 0 Å². The van der Waals surface area contributed by atoms with Gasteiger partial charge in [-0.05, 0) is 67.4 Å². The molecule has 0 unspecified atom stereocenters. The van der Waals surface area contributed by atoms with E-state index in [0.29, 0.717) is 29.9 Å². The van der Waals surface area contributed by atoms with E-state index in [-0.39, 0.29) is 41.2 Å². The Morgan fingerprint density at radius 3 is 2.59 bits per heavy atom. The summed E-state index contributed by atoms with van der Waals surface area (Å²) in [6, 6.07) is 9.41. The van der Waals surface area contributed by atoms with Crippen LogP contribution in [0, 0.1) is 29.1 Å². The minimum atomic E-state index is -0.581. The molecule has 1 aliphatic heterocycles. The highest BCUT2D eigenvalue weighted by atomic mass is 16.7. The number of ketones is 1. The number of allylic oxidation sites excluding steroid dienone is 1. The molecule has 0 radical (unpaired) electrons. The Kier molecular flexibility index (Phi) is 8.63. The molecule has 2 bridgehead atoms. The third-order valence-electron chi connectivity index (χ3n) is 9.90. The standard InChI is InChI=1S/C33H46BN3O4/c1-7-8-10-23-11-13-24(14-12-23)27(38)18-25(21-37-16-9-15-35-37)31(39)36-30(17-22(2)3)34-40-29-20-26-19-28(32(26,4)5)33(29,6)41-34/h8-16,22,25-26,28-30H,7,17-21H2,1-6H3,(H,36,39)/b10-8+/t25-,26+,28+,29+,30-,33-/m0/s1. The van der Waals surface area contributed by atoms with Gasteiger partial charge in [-0.1, -0.05) is 71.0 Å². The lowest BCUT2D eigenvalue weighted by Crippen LogP contribution is -2.65. The summed E-state index contributed by atoms with van der Waals surface area (Å²) in [6.07, 6.45) is 11.7. The molecule has 8 heteroatoms. The fraction of sp³-hybridized carbons (Fsp3) is 0.606. The first-order valence-electron chi connectivity index (χ1n) is 15.4. The van der Waals surface area contributed by atoms with Gasteiger partial charge in [0.15, 0.2) is 5.78 Å². The van der Waals surface area contributed by atoms with E-state index in [2.05, 4.69) is 58.0 Å². The number of carbonyl (C=O) groups is 2. The van der Waals surface area contributed by atoms with E-state index >= 15 is 0 Å². The van der Waals surface area contributed by atoms with Crippen molar-refractivity contribution in [1.82, 2.24) is 15.1 Å². The minimum Gasteiger partial charge on any atom is -0.404 e. The van der Waals surface area contributed by atoms with Crippen molar-refractivity contribution in [2.45, 2.75) is 97.8 Å². The second-order valence-corrected chi connectivity index (χ2v) is 13.6. The number of amides is 1. The summed E-state index contributed by atoms with van der Waals surface area (Å²) < 4.78 is 15.0. The van der Waals surface area contributed by atoms with Crippen molar-refractivity contribution in [3.63, 3.8) is 0 Å². The largest absolute Gasteiger partial charge is 0.481 e. The summed E-state index contributed by atoms with van der Waals surface area (Å²) in [5.74, 6) is 0.337. The number of hydrogen-bond donors (Lipinski definition) is 1. The van der Waals surface area contributed by atoms with E-state index in [4.69, 9.17) is 9.31 Å². The predicted octanol–water partition coefficient (Wildman–Crippen LogP) is 5.99. The van der Waals surface area contributed by atoms with Gasteiger partial charge in [0.2, 0.25) is 5.91 Å².